The maximum Gasteiger partial charge on any atom is 0.266 e. The average Bonchev–Trinajstić information content (AvgIpc) is 3.17. The molecule has 4 heterocycles. The molecule has 27 heavy (non-hydrogen) atoms. The maximum atomic E-state index is 13.8. The van der Waals surface area contributed by atoms with Crippen molar-refractivity contribution >= 4 is 17.0 Å². The van der Waals surface area contributed by atoms with Crippen molar-refractivity contribution in [3.8, 4) is 0 Å². The van der Waals surface area contributed by atoms with E-state index in [0.29, 0.717) is 29.4 Å². The van der Waals surface area contributed by atoms with Gasteiger partial charge in [0.05, 0.1) is 18.8 Å². The first-order chi connectivity index (χ1) is 12.7. The quantitative estimate of drug-likeness (QED) is 0.703. The van der Waals surface area contributed by atoms with E-state index < -0.39 is 5.92 Å². The van der Waals surface area contributed by atoms with E-state index in [1.54, 1.807) is 15.8 Å². The van der Waals surface area contributed by atoms with Crippen LogP contribution in [0.5, 0.6) is 0 Å². The van der Waals surface area contributed by atoms with Crippen LogP contribution in [-0.4, -0.2) is 49.0 Å². The third-order valence-electron chi connectivity index (χ3n) is 4.52. The van der Waals surface area contributed by atoms with E-state index in [2.05, 4.69) is 25.3 Å². The Hall–Kier alpha value is -2.71. The van der Waals surface area contributed by atoms with Gasteiger partial charge in [0.15, 0.2) is 17.0 Å². The molecule has 0 atom stereocenters. The predicted octanol–water partition coefficient (Wildman–Crippen LogP) is 2.81. The van der Waals surface area contributed by atoms with Gasteiger partial charge in [-0.15, -0.1) is 5.10 Å². The molecule has 142 valence electrons. The van der Waals surface area contributed by atoms with Gasteiger partial charge in [-0.3, -0.25) is 4.98 Å². The van der Waals surface area contributed by atoms with E-state index in [-0.39, 0.29) is 24.9 Å². The van der Waals surface area contributed by atoms with Gasteiger partial charge in [0.2, 0.25) is 0 Å². The molecule has 0 spiro atoms. The van der Waals surface area contributed by atoms with E-state index in [1.165, 1.54) is 0 Å². The van der Waals surface area contributed by atoms with Gasteiger partial charge in [0.1, 0.15) is 5.82 Å². The molecule has 3 aromatic heterocycles. The van der Waals surface area contributed by atoms with Crippen molar-refractivity contribution in [3.63, 3.8) is 0 Å². The highest BCUT2D eigenvalue weighted by molar-refractivity contribution is 5.83. The zero-order chi connectivity index (χ0) is 19.2. The van der Waals surface area contributed by atoms with Gasteiger partial charge in [0.25, 0.3) is 5.92 Å². The van der Waals surface area contributed by atoms with Crippen molar-refractivity contribution in [2.75, 3.05) is 18.0 Å². The first-order valence-corrected chi connectivity index (χ1v) is 8.87. The van der Waals surface area contributed by atoms with E-state index in [0.717, 1.165) is 5.69 Å². The molecule has 0 amide bonds. The molecule has 1 aliphatic heterocycles. The van der Waals surface area contributed by atoms with Crippen molar-refractivity contribution in [2.24, 2.45) is 0 Å². The molecule has 0 saturated carbocycles. The van der Waals surface area contributed by atoms with Crippen LogP contribution in [0.1, 0.15) is 38.7 Å². The zero-order valence-electron chi connectivity index (χ0n) is 15.5. The van der Waals surface area contributed by atoms with Gasteiger partial charge in [0, 0.05) is 24.6 Å². The number of hydrogen-bond acceptors (Lipinski definition) is 6. The molecule has 4 rings (SSSR count). The monoisotopic (exact) mass is 373 g/mol. The molecule has 0 radical (unpaired) electrons. The fourth-order valence-electron chi connectivity index (χ4n) is 3.07. The first-order valence-electron chi connectivity index (χ1n) is 8.87. The van der Waals surface area contributed by atoms with Crippen LogP contribution in [0.4, 0.5) is 14.6 Å². The van der Waals surface area contributed by atoms with Gasteiger partial charge in [-0.25, -0.2) is 23.4 Å². The van der Waals surface area contributed by atoms with Crippen LogP contribution in [0.15, 0.2) is 24.4 Å². The van der Waals surface area contributed by atoms with Gasteiger partial charge >= 0.3 is 0 Å². The maximum absolute atomic E-state index is 13.8. The number of pyridine rings is 1. The first kappa shape index (κ1) is 17.7. The highest BCUT2D eigenvalue weighted by atomic mass is 19.3. The molecule has 3 aromatic rings. The summed E-state index contributed by atoms with van der Waals surface area (Å²) in [5.74, 6) is -1.72. The number of alkyl halides is 2. The van der Waals surface area contributed by atoms with Crippen LogP contribution in [0, 0.1) is 0 Å². The highest BCUT2D eigenvalue weighted by Crippen LogP contribution is 2.34. The molecule has 0 N–H and O–H groups in total. The molecule has 1 aliphatic rings. The Morgan fingerprint density at radius 2 is 2.00 bits per heavy atom. The summed E-state index contributed by atoms with van der Waals surface area (Å²) < 4.78 is 29.2. The van der Waals surface area contributed by atoms with E-state index >= 15 is 0 Å². The lowest BCUT2D eigenvalue weighted by atomic mass is 9.96. The number of anilines is 1. The van der Waals surface area contributed by atoms with Crippen LogP contribution in [0.3, 0.4) is 0 Å². The van der Waals surface area contributed by atoms with Crippen molar-refractivity contribution in [2.45, 2.75) is 45.1 Å². The normalized spacial score (nSPS) is 17.0. The molecule has 9 heteroatoms. The summed E-state index contributed by atoms with van der Waals surface area (Å²) >= 11 is 0. The van der Waals surface area contributed by atoms with Crippen molar-refractivity contribution in [1.82, 2.24) is 29.9 Å². The molecule has 0 aliphatic carbocycles. The second-order valence-electron chi connectivity index (χ2n) is 7.89. The van der Waals surface area contributed by atoms with Crippen LogP contribution < -0.4 is 4.90 Å². The minimum absolute atomic E-state index is 0.189. The standard InChI is InChI=1S/C18H21F2N7/c1-17(2,3)16-22-14(26-9-7-18(19,20)11-26)13-15(23-16)27(25-24-13)10-12-6-4-5-8-21-12/h4-6,8H,7,9-11H2,1-3H3. The number of rotatable bonds is 3. The van der Waals surface area contributed by atoms with Crippen LogP contribution in [0.2, 0.25) is 0 Å². The highest BCUT2D eigenvalue weighted by Gasteiger charge is 2.40. The molecule has 1 saturated heterocycles. The van der Waals surface area contributed by atoms with E-state index in [9.17, 15) is 8.78 Å². The molecule has 7 nitrogen and oxygen atoms in total. The summed E-state index contributed by atoms with van der Waals surface area (Å²) in [7, 11) is 0. The SMILES string of the molecule is CC(C)(C)c1nc(N2CCC(F)(F)C2)c2nnn(Cc3ccccn3)c2n1. The number of hydrogen-bond donors (Lipinski definition) is 0. The Bertz CT molecular complexity index is 963. The minimum atomic E-state index is -2.72. The van der Waals surface area contributed by atoms with Gasteiger partial charge in [-0.1, -0.05) is 32.1 Å². The summed E-state index contributed by atoms with van der Waals surface area (Å²) in [4.78, 5) is 15.1. The summed E-state index contributed by atoms with van der Waals surface area (Å²) in [6, 6.07) is 5.63. The lowest BCUT2D eigenvalue weighted by molar-refractivity contribution is 0.0257. The Kier molecular flexibility index (Phi) is 4.05. The van der Waals surface area contributed by atoms with Crippen molar-refractivity contribution < 1.29 is 8.78 Å². The average molecular weight is 373 g/mol. The lowest BCUT2D eigenvalue weighted by Crippen LogP contribution is -2.27. The van der Waals surface area contributed by atoms with E-state index in [1.807, 2.05) is 39.0 Å². The van der Waals surface area contributed by atoms with Crippen LogP contribution >= 0.6 is 0 Å². The second kappa shape index (κ2) is 6.17. The van der Waals surface area contributed by atoms with Crippen molar-refractivity contribution in [3.05, 3.63) is 35.9 Å². The largest absolute Gasteiger partial charge is 0.348 e. The number of aromatic nitrogens is 6. The number of nitrogens with zero attached hydrogens (tertiary/aromatic N) is 7. The van der Waals surface area contributed by atoms with Gasteiger partial charge in [-0.05, 0) is 12.1 Å². The van der Waals surface area contributed by atoms with Crippen LogP contribution in [0.25, 0.3) is 11.2 Å². The fraction of sp³-hybridized carbons (Fsp3) is 0.500. The third-order valence-corrected chi connectivity index (χ3v) is 4.52. The predicted molar refractivity (Wildman–Crippen MR) is 96.9 cm³/mol. The smallest absolute Gasteiger partial charge is 0.266 e. The van der Waals surface area contributed by atoms with Gasteiger partial charge < -0.3 is 4.90 Å². The molecular weight excluding hydrogens is 352 g/mol. The third kappa shape index (κ3) is 3.45. The van der Waals surface area contributed by atoms with Crippen molar-refractivity contribution in [1.29, 1.82) is 0 Å². The van der Waals surface area contributed by atoms with E-state index in [4.69, 9.17) is 0 Å². The summed E-state index contributed by atoms with van der Waals surface area (Å²) in [5, 5.41) is 8.40. The molecule has 0 unspecified atom stereocenters. The molecule has 1 fully saturated rings. The Morgan fingerprint density at radius 3 is 2.63 bits per heavy atom. The second-order valence-corrected chi connectivity index (χ2v) is 7.89. The summed E-state index contributed by atoms with van der Waals surface area (Å²) in [6.07, 6.45) is 1.52. The Balaban J connectivity index is 1.83. The van der Waals surface area contributed by atoms with Gasteiger partial charge in [-0.2, -0.15) is 0 Å². The Labute approximate surface area is 155 Å². The summed E-state index contributed by atoms with van der Waals surface area (Å²) in [6.45, 7) is 6.23. The number of fused-ring (bicyclic) bond motifs is 1. The van der Waals surface area contributed by atoms with Crippen LogP contribution in [-0.2, 0) is 12.0 Å². The molecule has 0 aromatic carbocycles. The zero-order valence-corrected chi connectivity index (χ0v) is 15.5. The molecule has 0 bridgehead atoms. The topological polar surface area (TPSA) is 72.6 Å². The fourth-order valence-corrected chi connectivity index (χ4v) is 3.07. The summed E-state index contributed by atoms with van der Waals surface area (Å²) in [5.41, 5.74) is 1.45. The minimum Gasteiger partial charge on any atom is -0.348 e. The lowest BCUT2D eigenvalue weighted by Gasteiger charge is -2.22. The Morgan fingerprint density at radius 1 is 1.19 bits per heavy atom. The number of halogens is 2. The molecular formula is C18H21F2N7.